The highest BCUT2D eigenvalue weighted by Crippen LogP contribution is 2.20. The molecule has 0 saturated carbocycles. The van der Waals surface area contributed by atoms with Crippen molar-refractivity contribution in [3.05, 3.63) is 33.3 Å². The molecule has 0 saturated heterocycles. The Morgan fingerprint density at radius 1 is 1.45 bits per heavy atom. The zero-order chi connectivity index (χ0) is 8.27. The van der Waals surface area contributed by atoms with Crippen LogP contribution in [0, 0.1) is 0 Å². The summed E-state index contributed by atoms with van der Waals surface area (Å²) in [5.41, 5.74) is 0.982. The number of halogens is 3. The van der Waals surface area contributed by atoms with Gasteiger partial charge in [-0.3, -0.25) is 0 Å². The molecular formula is C7H6BrCl2N. The van der Waals surface area contributed by atoms with Gasteiger partial charge in [0.15, 0.2) is 0 Å². The van der Waals surface area contributed by atoms with Crippen molar-refractivity contribution in [2.24, 2.45) is 0 Å². The summed E-state index contributed by atoms with van der Waals surface area (Å²) in [6.45, 7) is 0.569. The standard InChI is InChI=1S/C7H6BrCl2N/c8-6-1-2-7(9)5(3-6)4-11-10/h1-3,11H,4H2. The first-order chi connectivity index (χ1) is 5.24. The van der Waals surface area contributed by atoms with Gasteiger partial charge in [0.05, 0.1) is 0 Å². The molecule has 1 aromatic carbocycles. The van der Waals surface area contributed by atoms with E-state index in [-0.39, 0.29) is 0 Å². The third-order valence-electron chi connectivity index (χ3n) is 1.27. The molecule has 0 radical (unpaired) electrons. The number of hydrogen-bond acceptors (Lipinski definition) is 1. The van der Waals surface area contributed by atoms with E-state index < -0.39 is 0 Å². The summed E-state index contributed by atoms with van der Waals surface area (Å²) >= 11 is 14.5. The van der Waals surface area contributed by atoms with Crippen LogP contribution < -0.4 is 4.84 Å². The minimum Gasteiger partial charge on any atom is -0.229 e. The van der Waals surface area contributed by atoms with Crippen LogP contribution in [0.4, 0.5) is 0 Å². The average Bonchev–Trinajstić information content (AvgIpc) is 1.98. The molecule has 0 fully saturated rings. The summed E-state index contributed by atoms with van der Waals surface area (Å²) in [5, 5.41) is 0.723. The topological polar surface area (TPSA) is 12.0 Å². The smallest absolute Gasteiger partial charge is 0.0452 e. The number of nitrogens with one attached hydrogen (secondary N) is 1. The van der Waals surface area contributed by atoms with Gasteiger partial charge in [0.25, 0.3) is 0 Å². The predicted octanol–water partition coefficient (Wildman–Crippen LogP) is 3.35. The first kappa shape index (κ1) is 9.33. The van der Waals surface area contributed by atoms with Gasteiger partial charge in [-0.15, -0.1) is 0 Å². The lowest BCUT2D eigenvalue weighted by Crippen LogP contribution is -1.98. The number of benzene rings is 1. The number of hydrogen-bond donors (Lipinski definition) is 1. The van der Waals surface area contributed by atoms with Crippen LogP contribution >= 0.6 is 39.3 Å². The van der Waals surface area contributed by atoms with Crippen LogP contribution in [-0.4, -0.2) is 0 Å². The van der Waals surface area contributed by atoms with E-state index in [1.165, 1.54) is 0 Å². The van der Waals surface area contributed by atoms with Gasteiger partial charge in [-0.1, -0.05) is 27.5 Å². The van der Waals surface area contributed by atoms with Crippen molar-refractivity contribution < 1.29 is 0 Å². The van der Waals surface area contributed by atoms with Crippen molar-refractivity contribution in [1.82, 2.24) is 4.84 Å². The van der Waals surface area contributed by atoms with Crippen molar-refractivity contribution in [2.75, 3.05) is 0 Å². The highest BCUT2D eigenvalue weighted by Gasteiger charge is 1.98. The van der Waals surface area contributed by atoms with Gasteiger partial charge in [0, 0.05) is 16.0 Å². The van der Waals surface area contributed by atoms with E-state index in [1.807, 2.05) is 18.2 Å². The fourth-order valence-corrected chi connectivity index (χ4v) is 1.49. The van der Waals surface area contributed by atoms with Gasteiger partial charge >= 0.3 is 0 Å². The van der Waals surface area contributed by atoms with Crippen LogP contribution in [0.1, 0.15) is 5.56 Å². The van der Waals surface area contributed by atoms with Gasteiger partial charge in [-0.25, -0.2) is 4.84 Å². The molecule has 0 unspecified atom stereocenters. The van der Waals surface area contributed by atoms with E-state index in [0.29, 0.717) is 6.54 Å². The molecule has 0 aliphatic rings. The second kappa shape index (κ2) is 4.31. The maximum atomic E-state index is 5.86. The highest BCUT2D eigenvalue weighted by molar-refractivity contribution is 9.10. The van der Waals surface area contributed by atoms with E-state index >= 15 is 0 Å². The Morgan fingerprint density at radius 2 is 2.18 bits per heavy atom. The molecule has 0 amide bonds. The Labute approximate surface area is 83.9 Å². The van der Waals surface area contributed by atoms with E-state index in [0.717, 1.165) is 15.1 Å². The molecule has 1 N–H and O–H groups in total. The average molecular weight is 255 g/mol. The van der Waals surface area contributed by atoms with Crippen LogP contribution in [0.2, 0.25) is 5.02 Å². The lowest BCUT2D eigenvalue weighted by atomic mass is 10.2. The van der Waals surface area contributed by atoms with Crippen LogP contribution in [0.5, 0.6) is 0 Å². The molecule has 0 aliphatic carbocycles. The Kier molecular flexibility index (Phi) is 3.66. The van der Waals surface area contributed by atoms with Crippen LogP contribution in [0.3, 0.4) is 0 Å². The van der Waals surface area contributed by atoms with Crippen LogP contribution in [-0.2, 0) is 6.54 Å². The predicted molar refractivity (Wildman–Crippen MR) is 51.8 cm³/mol. The van der Waals surface area contributed by atoms with Crippen molar-refractivity contribution >= 4 is 39.3 Å². The maximum Gasteiger partial charge on any atom is 0.0452 e. The Morgan fingerprint density at radius 3 is 2.82 bits per heavy atom. The Bertz CT molecular complexity index is 252. The minimum atomic E-state index is 0.569. The van der Waals surface area contributed by atoms with E-state index in [2.05, 4.69) is 20.8 Å². The second-order valence-corrected chi connectivity index (χ2v) is 3.64. The first-order valence-electron chi connectivity index (χ1n) is 3.01. The van der Waals surface area contributed by atoms with Crippen LogP contribution in [0.15, 0.2) is 22.7 Å². The molecule has 1 nitrogen and oxygen atoms in total. The van der Waals surface area contributed by atoms with Gasteiger partial charge in [-0.2, -0.15) is 0 Å². The molecule has 1 rings (SSSR count). The van der Waals surface area contributed by atoms with Crippen molar-refractivity contribution in [3.8, 4) is 0 Å². The summed E-state index contributed by atoms with van der Waals surface area (Å²) in [6.07, 6.45) is 0. The monoisotopic (exact) mass is 253 g/mol. The summed E-state index contributed by atoms with van der Waals surface area (Å²) < 4.78 is 1.00. The molecule has 0 spiro atoms. The third-order valence-corrected chi connectivity index (χ3v) is 2.26. The fraction of sp³-hybridized carbons (Fsp3) is 0.143. The van der Waals surface area contributed by atoms with Gasteiger partial charge < -0.3 is 0 Å². The summed E-state index contributed by atoms with van der Waals surface area (Å²) in [5.74, 6) is 0. The molecule has 1 aromatic rings. The molecule has 4 heteroatoms. The number of rotatable bonds is 2. The van der Waals surface area contributed by atoms with Gasteiger partial charge in [0.1, 0.15) is 0 Å². The molecule has 0 bridgehead atoms. The van der Waals surface area contributed by atoms with E-state index in [9.17, 15) is 0 Å². The van der Waals surface area contributed by atoms with Gasteiger partial charge in [0.2, 0.25) is 0 Å². The normalized spacial score (nSPS) is 10.1. The quantitative estimate of drug-likeness (QED) is 0.799. The lowest BCUT2D eigenvalue weighted by molar-refractivity contribution is 0.963. The maximum absolute atomic E-state index is 5.86. The molecule has 60 valence electrons. The fourth-order valence-electron chi connectivity index (χ4n) is 0.751. The largest absolute Gasteiger partial charge is 0.229 e. The summed E-state index contributed by atoms with van der Waals surface area (Å²) in [4.78, 5) is 2.52. The molecule has 0 heterocycles. The van der Waals surface area contributed by atoms with E-state index in [4.69, 9.17) is 23.4 Å². The zero-order valence-electron chi connectivity index (χ0n) is 5.57. The third kappa shape index (κ3) is 2.64. The summed E-state index contributed by atoms with van der Waals surface area (Å²) in [7, 11) is 0. The summed E-state index contributed by atoms with van der Waals surface area (Å²) in [6, 6.07) is 5.65. The van der Waals surface area contributed by atoms with Crippen molar-refractivity contribution in [2.45, 2.75) is 6.54 Å². The highest BCUT2D eigenvalue weighted by atomic mass is 79.9. The van der Waals surface area contributed by atoms with Gasteiger partial charge in [-0.05, 0) is 35.5 Å². The Balaban J connectivity index is 2.93. The SMILES string of the molecule is ClNCc1cc(Br)ccc1Cl. The van der Waals surface area contributed by atoms with Crippen molar-refractivity contribution in [1.29, 1.82) is 0 Å². The molecule has 11 heavy (non-hydrogen) atoms. The lowest BCUT2D eigenvalue weighted by Gasteiger charge is -2.01. The molecule has 0 aliphatic heterocycles. The molecule has 0 aromatic heterocycles. The second-order valence-electron chi connectivity index (χ2n) is 2.05. The molecule has 0 atom stereocenters. The zero-order valence-corrected chi connectivity index (χ0v) is 8.67. The Hall–Kier alpha value is 0.240. The molecular weight excluding hydrogens is 249 g/mol. The van der Waals surface area contributed by atoms with E-state index in [1.54, 1.807) is 0 Å². The van der Waals surface area contributed by atoms with Crippen LogP contribution in [0.25, 0.3) is 0 Å². The first-order valence-corrected chi connectivity index (χ1v) is 4.56. The van der Waals surface area contributed by atoms with Crippen molar-refractivity contribution in [3.63, 3.8) is 0 Å². The minimum absolute atomic E-state index is 0.569.